The third kappa shape index (κ3) is 4.84. The summed E-state index contributed by atoms with van der Waals surface area (Å²) in [5.41, 5.74) is 2.21. The Balaban J connectivity index is 2.57. The van der Waals surface area contributed by atoms with Crippen molar-refractivity contribution in [3.63, 3.8) is 0 Å². The maximum atomic E-state index is 13.2. The standard InChI is InChI=1S/C14H22FNO/c1-4-17-8-7-14(16-3)10-12-9-13(15)6-5-11(12)2/h5-6,9,14,16H,4,7-8,10H2,1-3H3. The molecule has 2 nitrogen and oxygen atoms in total. The topological polar surface area (TPSA) is 21.3 Å². The van der Waals surface area contributed by atoms with Gasteiger partial charge >= 0.3 is 0 Å². The highest BCUT2D eigenvalue weighted by Crippen LogP contribution is 2.13. The Bertz CT molecular complexity index is 341. The van der Waals surface area contributed by atoms with Crippen molar-refractivity contribution in [3.8, 4) is 0 Å². The van der Waals surface area contributed by atoms with Crippen molar-refractivity contribution in [1.82, 2.24) is 5.32 Å². The second kappa shape index (κ2) is 7.41. The van der Waals surface area contributed by atoms with Crippen LogP contribution >= 0.6 is 0 Å². The maximum absolute atomic E-state index is 13.2. The fourth-order valence-corrected chi connectivity index (χ4v) is 1.84. The van der Waals surface area contributed by atoms with Gasteiger partial charge in [-0.2, -0.15) is 0 Å². The first-order valence-corrected chi connectivity index (χ1v) is 6.17. The van der Waals surface area contributed by atoms with Gasteiger partial charge in [0.15, 0.2) is 0 Å². The molecule has 0 aliphatic rings. The fraction of sp³-hybridized carbons (Fsp3) is 0.571. The summed E-state index contributed by atoms with van der Waals surface area (Å²) < 4.78 is 18.5. The summed E-state index contributed by atoms with van der Waals surface area (Å²) in [4.78, 5) is 0. The van der Waals surface area contributed by atoms with E-state index < -0.39 is 0 Å². The number of hydrogen-bond donors (Lipinski definition) is 1. The molecule has 0 fully saturated rings. The summed E-state index contributed by atoms with van der Waals surface area (Å²) >= 11 is 0. The van der Waals surface area contributed by atoms with E-state index in [9.17, 15) is 4.39 Å². The molecule has 1 atom stereocenters. The lowest BCUT2D eigenvalue weighted by molar-refractivity contribution is 0.137. The molecule has 1 aromatic rings. The van der Waals surface area contributed by atoms with Crippen molar-refractivity contribution < 1.29 is 9.13 Å². The predicted molar refractivity (Wildman–Crippen MR) is 68.8 cm³/mol. The van der Waals surface area contributed by atoms with Gasteiger partial charge in [0.2, 0.25) is 0 Å². The summed E-state index contributed by atoms with van der Waals surface area (Å²) in [6.07, 6.45) is 1.79. The molecule has 1 aromatic carbocycles. The number of halogens is 1. The van der Waals surface area contributed by atoms with Crippen molar-refractivity contribution in [3.05, 3.63) is 35.1 Å². The van der Waals surface area contributed by atoms with Gasteiger partial charge in [0.25, 0.3) is 0 Å². The molecule has 1 unspecified atom stereocenters. The van der Waals surface area contributed by atoms with Gasteiger partial charge in [-0.05, 0) is 57.0 Å². The lowest BCUT2D eigenvalue weighted by atomic mass is 9.99. The van der Waals surface area contributed by atoms with Crippen LogP contribution in [-0.2, 0) is 11.2 Å². The summed E-state index contributed by atoms with van der Waals surface area (Å²) in [5.74, 6) is -0.162. The highest BCUT2D eigenvalue weighted by atomic mass is 19.1. The highest BCUT2D eigenvalue weighted by Gasteiger charge is 2.09. The molecule has 0 saturated carbocycles. The molecule has 96 valence electrons. The van der Waals surface area contributed by atoms with Crippen LogP contribution < -0.4 is 5.32 Å². The van der Waals surface area contributed by atoms with Crippen molar-refractivity contribution in [2.24, 2.45) is 0 Å². The zero-order valence-corrected chi connectivity index (χ0v) is 10.9. The molecule has 0 aliphatic heterocycles. The van der Waals surface area contributed by atoms with Gasteiger partial charge in [0.1, 0.15) is 5.82 Å². The summed E-state index contributed by atoms with van der Waals surface area (Å²) in [6.45, 7) is 5.50. The van der Waals surface area contributed by atoms with Gasteiger partial charge in [-0.15, -0.1) is 0 Å². The first-order chi connectivity index (χ1) is 8.17. The van der Waals surface area contributed by atoms with E-state index in [1.54, 1.807) is 6.07 Å². The smallest absolute Gasteiger partial charge is 0.123 e. The van der Waals surface area contributed by atoms with E-state index >= 15 is 0 Å². The van der Waals surface area contributed by atoms with Gasteiger partial charge in [-0.3, -0.25) is 0 Å². The van der Waals surface area contributed by atoms with E-state index in [2.05, 4.69) is 5.32 Å². The molecule has 0 heterocycles. The molecule has 17 heavy (non-hydrogen) atoms. The zero-order chi connectivity index (χ0) is 12.7. The van der Waals surface area contributed by atoms with Crippen LogP contribution in [0.25, 0.3) is 0 Å². The third-order valence-electron chi connectivity index (χ3n) is 3.00. The van der Waals surface area contributed by atoms with Gasteiger partial charge in [-0.1, -0.05) is 6.07 Å². The molecule has 0 spiro atoms. The highest BCUT2D eigenvalue weighted by molar-refractivity contribution is 5.27. The quantitative estimate of drug-likeness (QED) is 0.739. The van der Waals surface area contributed by atoms with E-state index in [0.29, 0.717) is 6.04 Å². The molecule has 0 radical (unpaired) electrons. The number of nitrogens with one attached hydrogen (secondary N) is 1. The van der Waals surface area contributed by atoms with Crippen molar-refractivity contribution in [1.29, 1.82) is 0 Å². The lowest BCUT2D eigenvalue weighted by Gasteiger charge is -2.17. The third-order valence-corrected chi connectivity index (χ3v) is 3.00. The van der Waals surface area contributed by atoms with Gasteiger partial charge in [-0.25, -0.2) is 4.39 Å². The van der Waals surface area contributed by atoms with Crippen LogP contribution in [0.5, 0.6) is 0 Å². The van der Waals surface area contributed by atoms with Crippen LogP contribution in [0.4, 0.5) is 4.39 Å². The summed E-state index contributed by atoms with van der Waals surface area (Å²) in [7, 11) is 1.94. The Morgan fingerprint density at radius 2 is 2.18 bits per heavy atom. The second-order valence-electron chi connectivity index (χ2n) is 4.25. The fourth-order valence-electron chi connectivity index (χ4n) is 1.84. The number of hydrogen-bond acceptors (Lipinski definition) is 2. The lowest BCUT2D eigenvalue weighted by Crippen LogP contribution is -2.29. The molecule has 0 bridgehead atoms. The number of ether oxygens (including phenoxy) is 1. The molecular weight excluding hydrogens is 217 g/mol. The minimum atomic E-state index is -0.162. The number of likely N-dealkylation sites (N-methyl/N-ethyl adjacent to an activating group) is 1. The first kappa shape index (κ1) is 14.1. The molecule has 0 saturated heterocycles. The van der Waals surface area contributed by atoms with Crippen LogP contribution in [0.3, 0.4) is 0 Å². The maximum Gasteiger partial charge on any atom is 0.123 e. The van der Waals surface area contributed by atoms with E-state index in [4.69, 9.17) is 4.74 Å². The van der Waals surface area contributed by atoms with E-state index in [0.717, 1.165) is 37.2 Å². The van der Waals surface area contributed by atoms with Gasteiger partial charge < -0.3 is 10.1 Å². The molecule has 1 rings (SSSR count). The summed E-state index contributed by atoms with van der Waals surface area (Å²) in [5, 5.41) is 3.25. The zero-order valence-electron chi connectivity index (χ0n) is 10.9. The number of rotatable bonds is 7. The molecule has 0 amide bonds. The molecule has 1 N–H and O–H groups in total. The minimum absolute atomic E-state index is 0.162. The number of benzene rings is 1. The largest absolute Gasteiger partial charge is 0.382 e. The minimum Gasteiger partial charge on any atom is -0.382 e. The van der Waals surface area contributed by atoms with Crippen LogP contribution in [0.1, 0.15) is 24.5 Å². The Hall–Kier alpha value is -0.930. The van der Waals surface area contributed by atoms with Gasteiger partial charge in [0.05, 0.1) is 0 Å². The monoisotopic (exact) mass is 239 g/mol. The Labute approximate surface area is 103 Å². The Morgan fingerprint density at radius 1 is 1.41 bits per heavy atom. The normalized spacial score (nSPS) is 12.7. The van der Waals surface area contributed by atoms with Crippen molar-refractivity contribution in [2.45, 2.75) is 32.7 Å². The number of aryl methyl sites for hydroxylation is 1. The van der Waals surface area contributed by atoms with Crippen LogP contribution in [-0.4, -0.2) is 26.3 Å². The van der Waals surface area contributed by atoms with Crippen LogP contribution in [0.15, 0.2) is 18.2 Å². The van der Waals surface area contributed by atoms with E-state index in [1.807, 2.05) is 27.0 Å². The van der Waals surface area contributed by atoms with Crippen molar-refractivity contribution in [2.75, 3.05) is 20.3 Å². The molecule has 0 aliphatic carbocycles. The molecule has 0 aromatic heterocycles. The summed E-state index contributed by atoms with van der Waals surface area (Å²) in [6, 6.07) is 5.30. The average molecular weight is 239 g/mol. The van der Waals surface area contributed by atoms with Crippen molar-refractivity contribution >= 4 is 0 Å². The predicted octanol–water partition coefficient (Wildman–Crippen LogP) is 2.69. The van der Waals surface area contributed by atoms with Crippen LogP contribution in [0, 0.1) is 12.7 Å². The van der Waals surface area contributed by atoms with Gasteiger partial charge in [0, 0.05) is 19.3 Å². The van der Waals surface area contributed by atoms with Crippen LogP contribution in [0.2, 0.25) is 0 Å². The average Bonchev–Trinajstić information content (AvgIpc) is 2.32. The SMILES string of the molecule is CCOCCC(Cc1cc(F)ccc1C)NC. The molecule has 3 heteroatoms. The van der Waals surface area contributed by atoms with E-state index in [1.165, 1.54) is 6.07 Å². The second-order valence-corrected chi connectivity index (χ2v) is 4.25. The molecular formula is C14H22FNO. The Morgan fingerprint density at radius 3 is 2.82 bits per heavy atom. The van der Waals surface area contributed by atoms with E-state index in [-0.39, 0.29) is 5.82 Å². The first-order valence-electron chi connectivity index (χ1n) is 6.17. The Kier molecular flexibility index (Phi) is 6.16.